The van der Waals surface area contributed by atoms with Gasteiger partial charge in [0.05, 0.1) is 11.5 Å². The molecule has 3 rings (SSSR count). The topological polar surface area (TPSA) is 20.2 Å². The third kappa shape index (κ3) is 2.61. The summed E-state index contributed by atoms with van der Waals surface area (Å²) >= 11 is 0. The zero-order valence-electron chi connectivity index (χ0n) is 11.6. The molecule has 1 atom stereocenters. The molecule has 0 aromatic heterocycles. The van der Waals surface area contributed by atoms with Gasteiger partial charge in [-0.3, -0.25) is 0 Å². The molecule has 0 amide bonds. The van der Waals surface area contributed by atoms with Crippen molar-refractivity contribution in [1.82, 2.24) is 0 Å². The lowest BCUT2D eigenvalue weighted by atomic mass is 9.92. The van der Waals surface area contributed by atoms with Crippen LogP contribution in [0.4, 0.5) is 0 Å². The molecule has 2 aromatic rings. The Hall–Kier alpha value is -2.04. The minimum atomic E-state index is -0.487. The Labute approximate surface area is 120 Å². The zero-order valence-corrected chi connectivity index (χ0v) is 11.6. The molecule has 1 nitrogen and oxygen atoms in total. The third-order valence-corrected chi connectivity index (χ3v) is 3.93. The maximum atomic E-state index is 10.6. The van der Waals surface area contributed by atoms with Crippen molar-refractivity contribution in [2.24, 2.45) is 5.41 Å². The average molecular weight is 262 g/mol. The van der Waals surface area contributed by atoms with E-state index in [9.17, 15) is 5.11 Å². The fourth-order valence-electron chi connectivity index (χ4n) is 2.39. The minimum Gasteiger partial charge on any atom is -0.387 e. The van der Waals surface area contributed by atoms with Crippen molar-refractivity contribution in [2.75, 3.05) is 0 Å². The molecule has 0 radical (unpaired) electrons. The van der Waals surface area contributed by atoms with Crippen molar-refractivity contribution in [3.05, 3.63) is 71.3 Å². The van der Waals surface area contributed by atoms with E-state index in [-0.39, 0.29) is 5.41 Å². The summed E-state index contributed by atoms with van der Waals surface area (Å²) in [5.41, 5.74) is 2.94. The minimum absolute atomic E-state index is 0.245. The van der Waals surface area contributed by atoms with Gasteiger partial charge >= 0.3 is 0 Å². The molecule has 1 heteroatoms. The second kappa shape index (κ2) is 5.15. The maximum Gasteiger partial charge on any atom is 0.0955 e. The number of hydrogen-bond donors (Lipinski definition) is 1. The Balaban J connectivity index is 1.82. The smallest absolute Gasteiger partial charge is 0.0955 e. The van der Waals surface area contributed by atoms with Crippen LogP contribution in [-0.2, 0) is 0 Å². The lowest BCUT2D eigenvalue weighted by molar-refractivity contribution is 0.124. The highest BCUT2D eigenvalue weighted by Crippen LogP contribution is 2.54. The summed E-state index contributed by atoms with van der Waals surface area (Å²) < 4.78 is 0. The fraction of sp³-hybridized carbons (Fsp3) is 0.263. The second-order valence-corrected chi connectivity index (χ2v) is 5.59. The van der Waals surface area contributed by atoms with Crippen LogP contribution in [0.5, 0.6) is 0 Å². The van der Waals surface area contributed by atoms with Crippen molar-refractivity contribution in [3.8, 4) is 11.8 Å². The highest BCUT2D eigenvalue weighted by molar-refractivity contribution is 5.39. The molecule has 0 saturated heterocycles. The van der Waals surface area contributed by atoms with E-state index >= 15 is 0 Å². The van der Waals surface area contributed by atoms with E-state index in [4.69, 9.17) is 0 Å². The van der Waals surface area contributed by atoms with E-state index in [1.54, 1.807) is 0 Å². The van der Waals surface area contributed by atoms with Gasteiger partial charge in [0.2, 0.25) is 0 Å². The molecule has 0 heterocycles. The quantitative estimate of drug-likeness (QED) is 0.815. The number of benzene rings is 2. The van der Waals surface area contributed by atoms with Gasteiger partial charge < -0.3 is 5.11 Å². The maximum absolute atomic E-state index is 10.6. The van der Waals surface area contributed by atoms with Crippen molar-refractivity contribution < 1.29 is 5.11 Å². The van der Waals surface area contributed by atoms with E-state index in [2.05, 4.69) is 18.8 Å². The Kier molecular flexibility index (Phi) is 3.34. The largest absolute Gasteiger partial charge is 0.387 e. The number of aliphatic hydroxyl groups excluding tert-OH is 1. The van der Waals surface area contributed by atoms with Gasteiger partial charge in [-0.15, -0.1) is 0 Å². The summed E-state index contributed by atoms with van der Waals surface area (Å²) in [6.45, 7) is 2.05. The van der Waals surface area contributed by atoms with Gasteiger partial charge in [0, 0.05) is 5.56 Å². The van der Waals surface area contributed by atoms with Crippen LogP contribution in [0, 0.1) is 24.2 Å². The van der Waals surface area contributed by atoms with E-state index < -0.39 is 6.10 Å². The summed E-state index contributed by atoms with van der Waals surface area (Å²) in [7, 11) is 0. The summed E-state index contributed by atoms with van der Waals surface area (Å²) in [6, 6.07) is 18.1. The third-order valence-electron chi connectivity index (χ3n) is 3.93. The normalized spacial score (nSPS) is 16.9. The number of hydrogen-bond acceptors (Lipinski definition) is 1. The van der Waals surface area contributed by atoms with E-state index in [0.29, 0.717) is 0 Å². The van der Waals surface area contributed by atoms with Crippen LogP contribution >= 0.6 is 0 Å². The van der Waals surface area contributed by atoms with Gasteiger partial charge in [0.1, 0.15) is 0 Å². The number of rotatable bonds is 2. The van der Waals surface area contributed by atoms with Gasteiger partial charge in [-0.1, -0.05) is 59.9 Å². The monoisotopic (exact) mass is 262 g/mol. The number of aliphatic hydroxyl groups is 1. The summed E-state index contributed by atoms with van der Waals surface area (Å²) in [6.07, 6.45) is 1.46. The fourth-order valence-corrected chi connectivity index (χ4v) is 2.39. The van der Waals surface area contributed by atoms with Gasteiger partial charge in [-0.2, -0.15) is 0 Å². The molecule has 1 unspecified atom stereocenters. The summed E-state index contributed by atoms with van der Waals surface area (Å²) in [5, 5.41) is 10.6. The van der Waals surface area contributed by atoms with E-state index in [1.165, 1.54) is 5.56 Å². The van der Waals surface area contributed by atoms with Crippen molar-refractivity contribution >= 4 is 0 Å². The molecule has 1 saturated carbocycles. The first-order chi connectivity index (χ1) is 9.70. The summed E-state index contributed by atoms with van der Waals surface area (Å²) in [5.74, 6) is 6.50. The lowest BCUT2D eigenvalue weighted by Crippen LogP contribution is -2.11. The van der Waals surface area contributed by atoms with Gasteiger partial charge in [0.25, 0.3) is 0 Å². The highest BCUT2D eigenvalue weighted by Gasteiger charge is 2.48. The van der Waals surface area contributed by atoms with Gasteiger partial charge in [0.15, 0.2) is 0 Å². The Bertz CT molecular complexity index is 640. The van der Waals surface area contributed by atoms with Crippen LogP contribution in [-0.4, -0.2) is 5.11 Å². The molecule has 1 aliphatic carbocycles. The van der Waals surface area contributed by atoms with Gasteiger partial charge in [-0.25, -0.2) is 0 Å². The second-order valence-electron chi connectivity index (χ2n) is 5.59. The molecule has 0 spiro atoms. The zero-order chi connectivity index (χ0) is 14.0. The molecular weight excluding hydrogens is 244 g/mol. The molecule has 1 aliphatic rings. The molecule has 1 N–H and O–H groups in total. The average Bonchev–Trinajstić information content (AvgIpc) is 3.28. The SMILES string of the molecule is Cc1ccc(C(O)C2(C#Cc3ccccc3)CC2)cc1. The van der Waals surface area contributed by atoms with Gasteiger partial charge in [-0.05, 0) is 37.5 Å². The summed E-state index contributed by atoms with van der Waals surface area (Å²) in [4.78, 5) is 0. The Morgan fingerprint density at radius 1 is 1.00 bits per heavy atom. The van der Waals surface area contributed by atoms with Crippen molar-refractivity contribution in [2.45, 2.75) is 25.9 Å². The lowest BCUT2D eigenvalue weighted by Gasteiger charge is -2.17. The molecule has 1 fully saturated rings. The van der Waals surface area contributed by atoms with Crippen molar-refractivity contribution in [1.29, 1.82) is 0 Å². The molecule has 2 aromatic carbocycles. The number of aryl methyl sites for hydroxylation is 1. The first-order valence-electron chi connectivity index (χ1n) is 7.02. The molecule has 0 bridgehead atoms. The first kappa shape index (κ1) is 13.0. The van der Waals surface area contributed by atoms with Crippen molar-refractivity contribution in [3.63, 3.8) is 0 Å². The van der Waals surface area contributed by atoms with Crippen LogP contribution in [0.1, 0.15) is 35.6 Å². The first-order valence-corrected chi connectivity index (χ1v) is 7.02. The molecule has 20 heavy (non-hydrogen) atoms. The van der Waals surface area contributed by atoms with E-state index in [0.717, 1.165) is 24.0 Å². The predicted molar refractivity (Wildman–Crippen MR) is 81.1 cm³/mol. The molecule has 100 valence electrons. The van der Waals surface area contributed by atoms with Crippen LogP contribution in [0.2, 0.25) is 0 Å². The predicted octanol–water partition coefficient (Wildman–Crippen LogP) is 3.86. The van der Waals surface area contributed by atoms with Crippen LogP contribution in [0.15, 0.2) is 54.6 Å². The van der Waals surface area contributed by atoms with Crippen LogP contribution in [0.3, 0.4) is 0 Å². The van der Waals surface area contributed by atoms with Crippen LogP contribution in [0.25, 0.3) is 0 Å². The Morgan fingerprint density at radius 2 is 1.65 bits per heavy atom. The van der Waals surface area contributed by atoms with E-state index in [1.807, 2.05) is 54.6 Å². The Morgan fingerprint density at radius 3 is 2.25 bits per heavy atom. The molecular formula is C19H18O. The van der Waals surface area contributed by atoms with Crippen LogP contribution < -0.4 is 0 Å². The molecule has 0 aliphatic heterocycles. The standard InChI is InChI=1S/C19H18O/c1-15-7-9-17(10-8-15)18(20)19(13-14-19)12-11-16-5-3-2-4-6-16/h2-10,18,20H,13-14H2,1H3. The highest BCUT2D eigenvalue weighted by atomic mass is 16.3.